The Balaban J connectivity index is 2.21. The van der Waals surface area contributed by atoms with Crippen LogP contribution in [0.15, 0.2) is 24.3 Å². The number of carbonyl (C=O) groups is 1. The van der Waals surface area contributed by atoms with Crippen LogP contribution in [0, 0.1) is 5.92 Å². The number of anilines is 1. The van der Waals surface area contributed by atoms with E-state index in [2.05, 4.69) is 13.8 Å². The Bertz CT molecular complexity index is 344. The number of carbonyl (C=O) groups excluding carboxylic acids is 1. The Morgan fingerprint density at radius 1 is 1.29 bits per heavy atom. The molecule has 2 N–H and O–H groups in total. The van der Waals surface area contributed by atoms with Gasteiger partial charge in [0.05, 0.1) is 6.61 Å². The van der Waals surface area contributed by atoms with E-state index >= 15 is 0 Å². The fraction of sp³-hybridized carbons (Fsp3) is 0.500. The van der Waals surface area contributed by atoms with Crippen LogP contribution in [-0.2, 0) is 16.0 Å². The van der Waals surface area contributed by atoms with E-state index in [4.69, 9.17) is 10.5 Å². The van der Waals surface area contributed by atoms with Gasteiger partial charge in [0.1, 0.15) is 0 Å². The Labute approximate surface area is 103 Å². The molecule has 0 saturated carbocycles. The molecule has 1 aromatic rings. The van der Waals surface area contributed by atoms with Crippen molar-refractivity contribution in [2.24, 2.45) is 5.92 Å². The number of aryl methyl sites for hydroxylation is 1. The highest BCUT2D eigenvalue weighted by Gasteiger charge is 2.04. The van der Waals surface area contributed by atoms with E-state index in [-0.39, 0.29) is 5.97 Å². The first-order valence-corrected chi connectivity index (χ1v) is 6.08. The first-order valence-electron chi connectivity index (χ1n) is 6.08. The maximum Gasteiger partial charge on any atom is 0.306 e. The predicted octanol–water partition coefficient (Wildman–Crippen LogP) is 2.79. The number of rotatable bonds is 6. The predicted molar refractivity (Wildman–Crippen MR) is 69.6 cm³/mol. The molecule has 94 valence electrons. The van der Waals surface area contributed by atoms with E-state index in [0.29, 0.717) is 25.4 Å². The van der Waals surface area contributed by atoms with Crippen LogP contribution in [0.2, 0.25) is 0 Å². The zero-order valence-electron chi connectivity index (χ0n) is 10.6. The second kappa shape index (κ2) is 6.94. The van der Waals surface area contributed by atoms with E-state index in [1.165, 1.54) is 0 Å². The molecular weight excluding hydrogens is 214 g/mol. The zero-order chi connectivity index (χ0) is 12.7. The van der Waals surface area contributed by atoms with E-state index in [9.17, 15) is 4.79 Å². The molecule has 0 atom stereocenters. The first-order chi connectivity index (χ1) is 8.08. The maximum absolute atomic E-state index is 11.4. The summed E-state index contributed by atoms with van der Waals surface area (Å²) in [6, 6.07) is 7.58. The summed E-state index contributed by atoms with van der Waals surface area (Å²) >= 11 is 0. The van der Waals surface area contributed by atoms with Crippen molar-refractivity contribution in [3.8, 4) is 0 Å². The SMILES string of the molecule is CC(C)CCOC(=O)CCc1ccc(N)cc1. The number of ether oxygens (including phenoxy) is 1. The van der Waals surface area contributed by atoms with Gasteiger partial charge in [0, 0.05) is 12.1 Å². The Morgan fingerprint density at radius 3 is 2.53 bits per heavy atom. The zero-order valence-corrected chi connectivity index (χ0v) is 10.6. The monoisotopic (exact) mass is 235 g/mol. The topological polar surface area (TPSA) is 52.3 Å². The number of esters is 1. The van der Waals surface area contributed by atoms with Crippen molar-refractivity contribution in [2.75, 3.05) is 12.3 Å². The van der Waals surface area contributed by atoms with Crippen molar-refractivity contribution in [3.05, 3.63) is 29.8 Å². The second-order valence-corrected chi connectivity index (χ2v) is 4.64. The summed E-state index contributed by atoms with van der Waals surface area (Å²) in [4.78, 5) is 11.4. The van der Waals surface area contributed by atoms with Crippen molar-refractivity contribution >= 4 is 11.7 Å². The van der Waals surface area contributed by atoms with Gasteiger partial charge in [-0.1, -0.05) is 26.0 Å². The van der Waals surface area contributed by atoms with E-state index in [1.54, 1.807) is 0 Å². The molecule has 0 spiro atoms. The molecule has 0 aliphatic carbocycles. The number of nitrogen functional groups attached to an aromatic ring is 1. The number of benzene rings is 1. The van der Waals surface area contributed by atoms with Crippen molar-refractivity contribution in [1.29, 1.82) is 0 Å². The molecule has 0 aliphatic rings. The van der Waals surface area contributed by atoms with Crippen molar-refractivity contribution in [1.82, 2.24) is 0 Å². The van der Waals surface area contributed by atoms with Crippen LogP contribution in [-0.4, -0.2) is 12.6 Å². The summed E-state index contributed by atoms with van der Waals surface area (Å²) in [5.41, 5.74) is 7.44. The standard InChI is InChI=1S/C14H21NO2/c1-11(2)9-10-17-14(16)8-5-12-3-6-13(15)7-4-12/h3-4,6-7,11H,5,8-10,15H2,1-2H3. The molecule has 3 heteroatoms. The van der Waals surface area contributed by atoms with Crippen molar-refractivity contribution < 1.29 is 9.53 Å². The van der Waals surface area contributed by atoms with Gasteiger partial charge in [-0.05, 0) is 36.5 Å². The van der Waals surface area contributed by atoms with Gasteiger partial charge in [0.2, 0.25) is 0 Å². The third-order valence-corrected chi connectivity index (χ3v) is 2.56. The van der Waals surface area contributed by atoms with Crippen LogP contribution in [0.1, 0.15) is 32.3 Å². The molecule has 0 aromatic heterocycles. The van der Waals surface area contributed by atoms with Crippen LogP contribution in [0.3, 0.4) is 0 Å². The fourth-order valence-corrected chi connectivity index (χ4v) is 1.41. The van der Waals surface area contributed by atoms with Gasteiger partial charge in [-0.2, -0.15) is 0 Å². The largest absolute Gasteiger partial charge is 0.466 e. The van der Waals surface area contributed by atoms with Gasteiger partial charge in [0.15, 0.2) is 0 Å². The van der Waals surface area contributed by atoms with Crippen LogP contribution < -0.4 is 5.73 Å². The number of hydrogen-bond acceptors (Lipinski definition) is 3. The number of hydrogen-bond donors (Lipinski definition) is 1. The van der Waals surface area contributed by atoms with Crippen LogP contribution in [0.5, 0.6) is 0 Å². The van der Waals surface area contributed by atoms with Gasteiger partial charge in [-0.3, -0.25) is 4.79 Å². The summed E-state index contributed by atoms with van der Waals surface area (Å²) in [7, 11) is 0. The highest BCUT2D eigenvalue weighted by Crippen LogP contribution is 2.08. The minimum absolute atomic E-state index is 0.123. The van der Waals surface area contributed by atoms with Gasteiger partial charge in [-0.15, -0.1) is 0 Å². The molecule has 0 saturated heterocycles. The molecule has 0 fully saturated rings. The average Bonchev–Trinajstić information content (AvgIpc) is 2.28. The van der Waals surface area contributed by atoms with Crippen LogP contribution >= 0.6 is 0 Å². The van der Waals surface area contributed by atoms with E-state index in [0.717, 1.165) is 17.7 Å². The van der Waals surface area contributed by atoms with Gasteiger partial charge in [-0.25, -0.2) is 0 Å². The quantitative estimate of drug-likeness (QED) is 0.609. The average molecular weight is 235 g/mol. The lowest BCUT2D eigenvalue weighted by Gasteiger charge is -2.06. The summed E-state index contributed by atoms with van der Waals surface area (Å²) in [5.74, 6) is 0.447. The van der Waals surface area contributed by atoms with Gasteiger partial charge >= 0.3 is 5.97 Å². The van der Waals surface area contributed by atoms with Crippen LogP contribution in [0.25, 0.3) is 0 Å². The maximum atomic E-state index is 11.4. The lowest BCUT2D eigenvalue weighted by molar-refractivity contribution is -0.143. The van der Waals surface area contributed by atoms with E-state index < -0.39 is 0 Å². The molecule has 0 heterocycles. The summed E-state index contributed by atoms with van der Waals surface area (Å²) in [6.07, 6.45) is 2.07. The smallest absolute Gasteiger partial charge is 0.306 e. The van der Waals surface area contributed by atoms with Gasteiger partial charge in [0.25, 0.3) is 0 Å². The first kappa shape index (κ1) is 13.6. The molecule has 17 heavy (non-hydrogen) atoms. The molecule has 0 unspecified atom stereocenters. The molecule has 3 nitrogen and oxygen atoms in total. The third kappa shape index (κ3) is 5.95. The Morgan fingerprint density at radius 2 is 1.94 bits per heavy atom. The van der Waals surface area contributed by atoms with Crippen LogP contribution in [0.4, 0.5) is 5.69 Å². The molecule has 0 aliphatic heterocycles. The highest BCUT2D eigenvalue weighted by molar-refractivity contribution is 5.69. The highest BCUT2D eigenvalue weighted by atomic mass is 16.5. The van der Waals surface area contributed by atoms with Crippen molar-refractivity contribution in [3.63, 3.8) is 0 Å². The molecule has 0 bridgehead atoms. The van der Waals surface area contributed by atoms with Gasteiger partial charge < -0.3 is 10.5 Å². The normalized spacial score (nSPS) is 10.5. The molecule has 1 rings (SSSR count). The number of nitrogens with two attached hydrogens (primary N) is 1. The summed E-state index contributed by atoms with van der Waals surface area (Å²) in [6.45, 7) is 4.75. The lowest BCUT2D eigenvalue weighted by atomic mass is 10.1. The second-order valence-electron chi connectivity index (χ2n) is 4.64. The third-order valence-electron chi connectivity index (χ3n) is 2.56. The molecule has 0 radical (unpaired) electrons. The minimum atomic E-state index is -0.123. The summed E-state index contributed by atoms with van der Waals surface area (Å²) < 4.78 is 5.13. The fourth-order valence-electron chi connectivity index (χ4n) is 1.41. The Hall–Kier alpha value is -1.51. The molecule has 1 aromatic carbocycles. The summed E-state index contributed by atoms with van der Waals surface area (Å²) in [5, 5.41) is 0. The molecular formula is C14H21NO2. The van der Waals surface area contributed by atoms with E-state index in [1.807, 2.05) is 24.3 Å². The molecule has 0 amide bonds. The lowest BCUT2D eigenvalue weighted by Crippen LogP contribution is -2.08. The minimum Gasteiger partial charge on any atom is -0.466 e. The van der Waals surface area contributed by atoms with Crippen molar-refractivity contribution in [2.45, 2.75) is 33.1 Å². The Kier molecular flexibility index (Phi) is 5.53.